The van der Waals surface area contributed by atoms with Gasteiger partial charge in [-0.3, -0.25) is 29.4 Å². The molecular weight excluding hydrogens is 318 g/mol. The lowest BCUT2D eigenvalue weighted by molar-refractivity contribution is -0.154. The van der Waals surface area contributed by atoms with Crippen molar-refractivity contribution in [2.24, 2.45) is 11.8 Å². The van der Waals surface area contributed by atoms with Gasteiger partial charge < -0.3 is 10.1 Å². The average molecular weight is 337 g/mol. The number of imide groups is 2. The Bertz CT molecular complexity index is 574. The van der Waals surface area contributed by atoms with Crippen molar-refractivity contribution in [2.45, 2.75) is 19.8 Å². The van der Waals surface area contributed by atoms with E-state index in [9.17, 15) is 24.0 Å². The Balaban J connectivity index is 1.80. The Morgan fingerprint density at radius 2 is 1.75 bits per heavy atom. The summed E-state index contributed by atoms with van der Waals surface area (Å²) in [5, 5.41) is 4.31. The van der Waals surface area contributed by atoms with E-state index in [0.717, 1.165) is 4.90 Å². The number of carbonyl (C=O) groups excluding carboxylic acids is 5. The second-order valence-electron chi connectivity index (χ2n) is 5.49. The van der Waals surface area contributed by atoms with Gasteiger partial charge in [0.05, 0.1) is 11.8 Å². The molecule has 2 atom stereocenters. The van der Waals surface area contributed by atoms with E-state index < -0.39 is 54.7 Å². The first-order valence-corrected chi connectivity index (χ1v) is 7.67. The molecule has 0 radical (unpaired) electrons. The van der Waals surface area contributed by atoms with E-state index in [-0.39, 0.29) is 0 Å². The zero-order valence-electron chi connectivity index (χ0n) is 13.2. The standard InChI is InChI=1S/C15H19N3O6/c1-2-16-15(23)17-11(19)8-24-12(20)7-18-13(21)9-5-3-4-6-10(9)14(18)22/h3-4,9-10H,2,5-8H2,1H3,(H2,16,17,19,23)/t9-,10-/m0/s1. The summed E-state index contributed by atoms with van der Waals surface area (Å²) in [5.74, 6) is -3.30. The van der Waals surface area contributed by atoms with E-state index in [1.807, 2.05) is 17.5 Å². The molecule has 9 heteroatoms. The number of fused-ring (bicyclic) bond motifs is 1. The van der Waals surface area contributed by atoms with Crippen LogP contribution in [0.5, 0.6) is 0 Å². The minimum Gasteiger partial charge on any atom is -0.454 e. The third-order valence-electron chi connectivity index (χ3n) is 3.84. The van der Waals surface area contributed by atoms with Gasteiger partial charge in [0.25, 0.3) is 5.91 Å². The number of ether oxygens (including phenoxy) is 1. The number of amides is 5. The molecule has 0 saturated carbocycles. The van der Waals surface area contributed by atoms with Gasteiger partial charge in [0.1, 0.15) is 6.54 Å². The molecule has 2 N–H and O–H groups in total. The van der Waals surface area contributed by atoms with Crippen LogP contribution in [0.15, 0.2) is 12.2 Å². The molecule has 1 heterocycles. The summed E-state index contributed by atoms with van der Waals surface area (Å²) < 4.78 is 4.70. The molecule has 1 fully saturated rings. The minimum atomic E-state index is -0.880. The van der Waals surface area contributed by atoms with Crippen molar-refractivity contribution in [1.29, 1.82) is 0 Å². The number of hydrogen-bond donors (Lipinski definition) is 2. The van der Waals surface area contributed by atoms with Crippen molar-refractivity contribution in [3.05, 3.63) is 12.2 Å². The summed E-state index contributed by atoms with van der Waals surface area (Å²) in [6.07, 6.45) is 4.66. The molecule has 1 aliphatic heterocycles. The van der Waals surface area contributed by atoms with Crippen molar-refractivity contribution in [2.75, 3.05) is 19.7 Å². The van der Waals surface area contributed by atoms with Crippen LogP contribution in [0, 0.1) is 11.8 Å². The number of nitrogens with one attached hydrogen (secondary N) is 2. The molecule has 2 aliphatic rings. The normalized spacial score (nSPS) is 22.1. The highest BCUT2D eigenvalue weighted by atomic mass is 16.5. The van der Waals surface area contributed by atoms with Gasteiger partial charge in [-0.1, -0.05) is 12.2 Å². The second-order valence-corrected chi connectivity index (χ2v) is 5.49. The predicted molar refractivity (Wildman–Crippen MR) is 80.2 cm³/mol. The van der Waals surface area contributed by atoms with Gasteiger partial charge in [-0.15, -0.1) is 0 Å². The summed E-state index contributed by atoms with van der Waals surface area (Å²) in [4.78, 5) is 59.5. The van der Waals surface area contributed by atoms with Gasteiger partial charge in [-0.25, -0.2) is 4.79 Å². The first-order chi connectivity index (χ1) is 11.4. The highest BCUT2D eigenvalue weighted by Gasteiger charge is 2.47. The number of carbonyl (C=O) groups is 5. The number of allylic oxidation sites excluding steroid dienone is 2. The number of rotatable bonds is 5. The van der Waals surface area contributed by atoms with E-state index >= 15 is 0 Å². The van der Waals surface area contributed by atoms with Crippen molar-refractivity contribution >= 4 is 29.7 Å². The zero-order chi connectivity index (χ0) is 17.7. The maximum absolute atomic E-state index is 12.2. The van der Waals surface area contributed by atoms with Gasteiger partial charge >= 0.3 is 12.0 Å². The zero-order valence-corrected chi connectivity index (χ0v) is 13.2. The molecule has 9 nitrogen and oxygen atoms in total. The van der Waals surface area contributed by atoms with Crippen LogP contribution in [-0.2, 0) is 23.9 Å². The summed E-state index contributed by atoms with van der Waals surface area (Å²) in [6.45, 7) is 0.830. The van der Waals surface area contributed by atoms with Crippen LogP contribution >= 0.6 is 0 Å². The maximum Gasteiger partial charge on any atom is 0.326 e. The van der Waals surface area contributed by atoms with Gasteiger partial charge in [0.15, 0.2) is 6.61 Å². The quantitative estimate of drug-likeness (QED) is 0.390. The van der Waals surface area contributed by atoms with E-state index in [0.29, 0.717) is 19.4 Å². The van der Waals surface area contributed by atoms with Crippen LogP contribution in [0.2, 0.25) is 0 Å². The highest BCUT2D eigenvalue weighted by Crippen LogP contribution is 2.34. The summed E-state index contributed by atoms with van der Waals surface area (Å²) in [7, 11) is 0. The fraction of sp³-hybridized carbons (Fsp3) is 0.533. The Morgan fingerprint density at radius 1 is 1.17 bits per heavy atom. The lowest BCUT2D eigenvalue weighted by Crippen LogP contribution is -2.42. The van der Waals surface area contributed by atoms with Crippen LogP contribution in [0.4, 0.5) is 4.79 Å². The van der Waals surface area contributed by atoms with E-state index in [2.05, 4.69) is 5.32 Å². The molecule has 0 aromatic carbocycles. The Hall–Kier alpha value is -2.71. The SMILES string of the molecule is CCNC(=O)NC(=O)COC(=O)CN1C(=O)[C@H]2CC=CC[C@@H]2C1=O. The Morgan fingerprint density at radius 3 is 2.29 bits per heavy atom. The summed E-state index contributed by atoms with van der Waals surface area (Å²) in [5.41, 5.74) is 0. The van der Waals surface area contributed by atoms with Gasteiger partial charge in [-0.2, -0.15) is 0 Å². The topological polar surface area (TPSA) is 122 Å². The first-order valence-electron chi connectivity index (χ1n) is 7.67. The van der Waals surface area contributed by atoms with Crippen LogP contribution < -0.4 is 10.6 Å². The molecular formula is C15H19N3O6. The lowest BCUT2D eigenvalue weighted by Gasteiger charge is -2.14. The molecule has 0 aromatic rings. The molecule has 130 valence electrons. The Labute approximate surface area is 138 Å². The average Bonchev–Trinajstić information content (AvgIpc) is 2.79. The van der Waals surface area contributed by atoms with Crippen LogP contribution in [0.25, 0.3) is 0 Å². The van der Waals surface area contributed by atoms with Crippen molar-refractivity contribution < 1.29 is 28.7 Å². The maximum atomic E-state index is 12.2. The first kappa shape index (κ1) is 17.6. The minimum absolute atomic E-state index is 0.343. The molecule has 24 heavy (non-hydrogen) atoms. The largest absolute Gasteiger partial charge is 0.454 e. The highest BCUT2D eigenvalue weighted by molar-refractivity contribution is 6.07. The second kappa shape index (κ2) is 7.71. The van der Waals surface area contributed by atoms with Crippen molar-refractivity contribution in [3.63, 3.8) is 0 Å². The number of hydrogen-bond acceptors (Lipinski definition) is 6. The number of likely N-dealkylation sites (tertiary alicyclic amines) is 1. The molecule has 0 aromatic heterocycles. The van der Waals surface area contributed by atoms with Gasteiger partial charge in [0, 0.05) is 6.54 Å². The fourth-order valence-corrected chi connectivity index (χ4v) is 2.71. The van der Waals surface area contributed by atoms with Crippen LogP contribution in [0.1, 0.15) is 19.8 Å². The third-order valence-corrected chi connectivity index (χ3v) is 3.84. The van der Waals surface area contributed by atoms with Gasteiger partial charge in [0.2, 0.25) is 11.8 Å². The Kier molecular flexibility index (Phi) is 5.67. The third kappa shape index (κ3) is 3.98. The number of nitrogens with zero attached hydrogens (tertiary/aromatic N) is 1. The number of urea groups is 1. The molecule has 0 bridgehead atoms. The van der Waals surface area contributed by atoms with Crippen molar-refractivity contribution in [3.8, 4) is 0 Å². The fourth-order valence-electron chi connectivity index (χ4n) is 2.71. The smallest absolute Gasteiger partial charge is 0.326 e. The van der Waals surface area contributed by atoms with E-state index in [1.165, 1.54) is 0 Å². The van der Waals surface area contributed by atoms with E-state index in [4.69, 9.17) is 4.74 Å². The van der Waals surface area contributed by atoms with Gasteiger partial charge in [-0.05, 0) is 19.8 Å². The van der Waals surface area contributed by atoms with Crippen LogP contribution in [-0.4, -0.2) is 54.3 Å². The monoisotopic (exact) mass is 337 g/mol. The molecule has 5 amide bonds. The molecule has 2 rings (SSSR count). The molecule has 0 spiro atoms. The van der Waals surface area contributed by atoms with E-state index in [1.54, 1.807) is 6.92 Å². The molecule has 1 aliphatic carbocycles. The number of esters is 1. The summed E-state index contributed by atoms with van der Waals surface area (Å²) >= 11 is 0. The summed E-state index contributed by atoms with van der Waals surface area (Å²) in [6, 6.07) is -0.694. The molecule has 0 unspecified atom stereocenters. The van der Waals surface area contributed by atoms with Crippen molar-refractivity contribution in [1.82, 2.24) is 15.5 Å². The molecule has 1 saturated heterocycles. The lowest BCUT2D eigenvalue weighted by atomic mass is 9.85. The predicted octanol–water partition coefficient (Wildman–Crippen LogP) is -0.673. The van der Waals surface area contributed by atoms with Crippen LogP contribution in [0.3, 0.4) is 0 Å².